The van der Waals surface area contributed by atoms with Crippen molar-refractivity contribution >= 4 is 23.5 Å². The van der Waals surface area contributed by atoms with Crippen molar-refractivity contribution in [2.45, 2.75) is 25.3 Å². The minimum atomic E-state index is -1.11. The summed E-state index contributed by atoms with van der Waals surface area (Å²) in [4.78, 5) is 37.2. The van der Waals surface area contributed by atoms with Crippen molar-refractivity contribution < 1.29 is 28.6 Å². The molecule has 3 aromatic rings. The highest BCUT2D eigenvalue weighted by Crippen LogP contribution is 2.29. The predicted octanol–water partition coefficient (Wildman–Crippen LogP) is 3.16. The molecule has 216 valence electrons. The number of piperidine rings is 1. The summed E-state index contributed by atoms with van der Waals surface area (Å²) in [5.41, 5.74) is 2.79. The lowest BCUT2D eigenvalue weighted by molar-refractivity contribution is -0.142. The molecule has 2 N–H and O–H groups in total. The van der Waals surface area contributed by atoms with Crippen LogP contribution in [-0.2, 0) is 20.7 Å². The van der Waals surface area contributed by atoms with Crippen LogP contribution in [0, 0.1) is 11.7 Å². The molecule has 11 heteroatoms. The van der Waals surface area contributed by atoms with Gasteiger partial charge in [0.25, 0.3) is 0 Å². The van der Waals surface area contributed by atoms with E-state index >= 15 is 4.39 Å². The van der Waals surface area contributed by atoms with E-state index in [1.807, 2.05) is 53.4 Å². The number of carboxylic acids is 1. The first kappa shape index (κ1) is 28.3. The van der Waals surface area contributed by atoms with Gasteiger partial charge in [0.1, 0.15) is 18.1 Å². The zero-order valence-corrected chi connectivity index (χ0v) is 23.0. The summed E-state index contributed by atoms with van der Waals surface area (Å²) >= 11 is 0. The average Bonchev–Trinajstić information content (AvgIpc) is 3.01. The van der Waals surface area contributed by atoms with Crippen LogP contribution < -0.4 is 19.9 Å². The number of benzene rings is 2. The van der Waals surface area contributed by atoms with Gasteiger partial charge in [-0.15, -0.1) is 0 Å². The first-order valence-electron chi connectivity index (χ1n) is 13.8. The number of aliphatic carboxylic acids is 1. The molecule has 2 aromatic carbocycles. The highest BCUT2D eigenvalue weighted by molar-refractivity contribution is 5.85. The first-order chi connectivity index (χ1) is 19.9. The number of carboxylic acid groups (broad SMARTS) is 1. The quantitative estimate of drug-likeness (QED) is 0.405. The third-order valence-corrected chi connectivity index (χ3v) is 7.59. The third-order valence-electron chi connectivity index (χ3n) is 7.59. The van der Waals surface area contributed by atoms with Gasteiger partial charge in [-0.05, 0) is 41.7 Å². The fourth-order valence-electron chi connectivity index (χ4n) is 5.29. The topological polar surface area (TPSA) is 117 Å². The van der Waals surface area contributed by atoms with E-state index in [-0.39, 0.29) is 30.5 Å². The van der Waals surface area contributed by atoms with Crippen LogP contribution in [0.25, 0.3) is 11.1 Å². The number of aromatic nitrogens is 2. The second-order valence-corrected chi connectivity index (χ2v) is 10.2. The number of halogens is 1. The molecule has 0 spiro atoms. The second kappa shape index (κ2) is 12.9. The van der Waals surface area contributed by atoms with Crippen molar-refractivity contribution in [2.24, 2.45) is 5.92 Å². The number of rotatable bonds is 9. The van der Waals surface area contributed by atoms with Gasteiger partial charge in [-0.25, -0.2) is 14.8 Å². The minimum absolute atomic E-state index is 0.143. The number of nitrogens with one attached hydrogen (secondary N) is 1. The molecule has 2 aliphatic rings. The summed E-state index contributed by atoms with van der Waals surface area (Å²) in [6, 6.07) is 14.2. The zero-order chi connectivity index (χ0) is 28.8. The molecule has 0 bridgehead atoms. The zero-order valence-electron chi connectivity index (χ0n) is 23.0. The van der Waals surface area contributed by atoms with Crippen LogP contribution >= 0.6 is 0 Å². The number of ether oxygens (including phenoxy) is 2. The largest absolute Gasteiger partial charge is 0.497 e. The summed E-state index contributed by atoms with van der Waals surface area (Å²) in [5.74, 6) is -1.32. The average molecular weight is 564 g/mol. The Labute approximate surface area is 238 Å². The lowest BCUT2D eigenvalue weighted by Crippen LogP contribution is -2.49. The minimum Gasteiger partial charge on any atom is -0.497 e. The van der Waals surface area contributed by atoms with E-state index < -0.39 is 23.7 Å². The molecule has 0 radical (unpaired) electrons. The number of hydrogen-bond donors (Lipinski definition) is 2. The van der Waals surface area contributed by atoms with Gasteiger partial charge in [-0.1, -0.05) is 36.4 Å². The summed E-state index contributed by atoms with van der Waals surface area (Å²) < 4.78 is 26.0. The van der Waals surface area contributed by atoms with Crippen LogP contribution in [0.4, 0.5) is 16.0 Å². The van der Waals surface area contributed by atoms with Crippen LogP contribution in [0.15, 0.2) is 54.9 Å². The van der Waals surface area contributed by atoms with Crippen molar-refractivity contribution in [2.75, 3.05) is 56.3 Å². The maximum Gasteiger partial charge on any atom is 0.326 e. The van der Waals surface area contributed by atoms with Crippen molar-refractivity contribution in [3.8, 4) is 16.9 Å². The Hall–Kier alpha value is -4.25. The first-order valence-corrected chi connectivity index (χ1v) is 13.8. The van der Waals surface area contributed by atoms with Gasteiger partial charge in [0, 0.05) is 32.6 Å². The van der Waals surface area contributed by atoms with Gasteiger partial charge in [0.05, 0.1) is 26.2 Å². The van der Waals surface area contributed by atoms with Crippen LogP contribution in [-0.4, -0.2) is 79.5 Å². The molecular formula is C30H34FN5O5. The predicted molar refractivity (Wildman–Crippen MR) is 152 cm³/mol. The summed E-state index contributed by atoms with van der Waals surface area (Å²) in [6.45, 7) is 2.87. The number of anilines is 2. The summed E-state index contributed by atoms with van der Waals surface area (Å²) in [5, 5.41) is 12.6. The van der Waals surface area contributed by atoms with Gasteiger partial charge in [-0.2, -0.15) is 4.39 Å². The van der Waals surface area contributed by atoms with Crippen LogP contribution in [0.5, 0.6) is 5.75 Å². The number of amides is 1. The van der Waals surface area contributed by atoms with Gasteiger partial charge in [0.2, 0.25) is 11.7 Å². The van der Waals surface area contributed by atoms with Gasteiger partial charge >= 0.3 is 5.97 Å². The molecule has 10 nitrogen and oxygen atoms in total. The van der Waals surface area contributed by atoms with Crippen LogP contribution in [0.1, 0.15) is 18.4 Å². The van der Waals surface area contributed by atoms with E-state index in [1.54, 1.807) is 12.0 Å². The molecule has 0 saturated carbocycles. The standard InChI is InChI=1S/C30H34FN5O5/c1-40-24-10-8-22(9-11-24)21-6-4-20(5-7-21)17-25(30(38)39)34-29(37)23-3-2-12-36(18-23)28-26(31)27(32-19-33-28)35-13-15-41-16-14-35/h4-11,19,23,25H,2-3,12-18H2,1H3,(H,34,37)(H,38,39)/t23?,25-/m0/s1. The SMILES string of the molecule is COc1ccc(-c2ccc(C[C@H](NC(=O)C3CCCN(c4ncnc(N5CCOCC5)c4F)C3)C(=O)O)cc2)cc1. The summed E-state index contributed by atoms with van der Waals surface area (Å²) in [7, 11) is 1.62. The van der Waals surface area contributed by atoms with E-state index in [2.05, 4.69) is 15.3 Å². The highest BCUT2D eigenvalue weighted by atomic mass is 19.1. The van der Waals surface area contributed by atoms with Gasteiger partial charge < -0.3 is 29.7 Å². The monoisotopic (exact) mass is 563 g/mol. The van der Waals surface area contributed by atoms with Crippen molar-refractivity contribution in [1.82, 2.24) is 15.3 Å². The van der Waals surface area contributed by atoms with Crippen molar-refractivity contribution in [1.29, 1.82) is 0 Å². The molecule has 2 aliphatic heterocycles. The lowest BCUT2D eigenvalue weighted by Gasteiger charge is -2.34. The molecular weight excluding hydrogens is 529 g/mol. The maximum atomic E-state index is 15.5. The number of morpholine rings is 1. The Morgan fingerprint density at radius 2 is 1.66 bits per heavy atom. The van der Waals surface area contributed by atoms with Gasteiger partial charge in [-0.3, -0.25) is 4.79 Å². The van der Waals surface area contributed by atoms with Gasteiger partial charge in [0.15, 0.2) is 11.6 Å². The molecule has 2 atom stereocenters. The molecule has 2 fully saturated rings. The Kier molecular flexibility index (Phi) is 8.93. The Morgan fingerprint density at radius 3 is 2.29 bits per heavy atom. The second-order valence-electron chi connectivity index (χ2n) is 10.2. The van der Waals surface area contributed by atoms with E-state index in [1.165, 1.54) is 6.33 Å². The molecule has 1 aromatic heterocycles. The Balaban J connectivity index is 1.22. The number of carbonyl (C=O) groups excluding carboxylic acids is 1. The summed E-state index contributed by atoms with van der Waals surface area (Å²) in [6.07, 6.45) is 2.71. The molecule has 1 amide bonds. The third kappa shape index (κ3) is 6.74. The number of hydrogen-bond acceptors (Lipinski definition) is 8. The normalized spacial score (nSPS) is 18.0. The van der Waals surface area contributed by atoms with E-state index in [9.17, 15) is 14.7 Å². The van der Waals surface area contributed by atoms with E-state index in [0.717, 1.165) is 22.4 Å². The van der Waals surface area contributed by atoms with E-state index in [0.29, 0.717) is 45.7 Å². The highest BCUT2D eigenvalue weighted by Gasteiger charge is 2.32. The fraction of sp³-hybridized carbons (Fsp3) is 0.400. The number of methoxy groups -OCH3 is 1. The lowest BCUT2D eigenvalue weighted by atomic mass is 9.95. The molecule has 0 aliphatic carbocycles. The Bertz CT molecular complexity index is 1350. The number of nitrogens with zero attached hydrogens (tertiary/aromatic N) is 4. The molecule has 5 rings (SSSR count). The molecule has 1 unspecified atom stereocenters. The van der Waals surface area contributed by atoms with Crippen LogP contribution in [0.3, 0.4) is 0 Å². The number of carbonyl (C=O) groups is 2. The maximum absolute atomic E-state index is 15.5. The molecule has 41 heavy (non-hydrogen) atoms. The molecule has 3 heterocycles. The Morgan fingerprint density at radius 1 is 1.02 bits per heavy atom. The van der Waals surface area contributed by atoms with Crippen molar-refractivity contribution in [3.05, 3.63) is 66.2 Å². The smallest absolute Gasteiger partial charge is 0.326 e. The fourth-order valence-corrected chi connectivity index (χ4v) is 5.29. The van der Waals surface area contributed by atoms with Crippen LogP contribution in [0.2, 0.25) is 0 Å². The van der Waals surface area contributed by atoms with E-state index in [4.69, 9.17) is 9.47 Å². The molecule has 2 saturated heterocycles. The van der Waals surface area contributed by atoms with Crippen molar-refractivity contribution in [3.63, 3.8) is 0 Å².